The standard InChI is InChI=1S/C23H25N3O3/c1-16-5-4-6-17(11-16)12-24-20-9-7-18(13-25-20)19-8-10-21(26-14-19)29-15-23(2,3)22(27)28/h4-11,13-14H,12,15H2,1-3H3,(H,24,25)(H,27,28). The maximum Gasteiger partial charge on any atom is 0.312 e. The highest BCUT2D eigenvalue weighted by atomic mass is 16.5. The first-order valence-electron chi connectivity index (χ1n) is 9.41. The van der Waals surface area contributed by atoms with Crippen LogP contribution in [0.5, 0.6) is 5.88 Å². The maximum atomic E-state index is 11.1. The Labute approximate surface area is 170 Å². The van der Waals surface area contributed by atoms with E-state index in [-0.39, 0.29) is 6.61 Å². The normalized spacial score (nSPS) is 11.1. The number of rotatable bonds is 8. The smallest absolute Gasteiger partial charge is 0.312 e. The van der Waals surface area contributed by atoms with E-state index in [4.69, 9.17) is 9.84 Å². The van der Waals surface area contributed by atoms with Crippen molar-refractivity contribution in [2.24, 2.45) is 5.41 Å². The van der Waals surface area contributed by atoms with Gasteiger partial charge in [0.1, 0.15) is 12.4 Å². The van der Waals surface area contributed by atoms with Crippen molar-refractivity contribution in [3.8, 4) is 17.0 Å². The van der Waals surface area contributed by atoms with E-state index in [2.05, 4.69) is 40.4 Å². The number of aryl methyl sites for hydroxylation is 1. The molecule has 3 rings (SSSR count). The number of benzene rings is 1. The molecule has 0 bridgehead atoms. The van der Waals surface area contributed by atoms with Gasteiger partial charge in [-0.05, 0) is 44.5 Å². The summed E-state index contributed by atoms with van der Waals surface area (Å²) < 4.78 is 5.51. The SMILES string of the molecule is Cc1cccc(CNc2ccc(-c3ccc(OCC(C)(C)C(=O)O)nc3)cn2)c1. The first-order chi connectivity index (χ1) is 13.8. The highest BCUT2D eigenvalue weighted by Gasteiger charge is 2.28. The Kier molecular flexibility index (Phi) is 6.12. The molecular weight excluding hydrogens is 366 g/mol. The highest BCUT2D eigenvalue weighted by molar-refractivity contribution is 5.73. The lowest BCUT2D eigenvalue weighted by atomic mass is 9.95. The Balaban J connectivity index is 1.59. The Morgan fingerprint density at radius 3 is 2.38 bits per heavy atom. The maximum absolute atomic E-state index is 11.1. The minimum Gasteiger partial charge on any atom is -0.481 e. The van der Waals surface area contributed by atoms with E-state index in [1.165, 1.54) is 11.1 Å². The molecule has 0 radical (unpaired) electrons. The first-order valence-corrected chi connectivity index (χ1v) is 9.41. The highest BCUT2D eigenvalue weighted by Crippen LogP contribution is 2.22. The van der Waals surface area contributed by atoms with Crippen LogP contribution in [-0.2, 0) is 11.3 Å². The van der Waals surface area contributed by atoms with Crippen molar-refractivity contribution in [3.05, 3.63) is 72.1 Å². The fraction of sp³-hybridized carbons (Fsp3) is 0.261. The van der Waals surface area contributed by atoms with Crippen LogP contribution in [-0.4, -0.2) is 27.7 Å². The summed E-state index contributed by atoms with van der Waals surface area (Å²) in [6.07, 6.45) is 3.49. The fourth-order valence-electron chi connectivity index (χ4n) is 2.64. The van der Waals surface area contributed by atoms with Crippen molar-refractivity contribution in [3.63, 3.8) is 0 Å². The van der Waals surface area contributed by atoms with Gasteiger partial charge in [0.05, 0.1) is 5.41 Å². The van der Waals surface area contributed by atoms with Crippen LogP contribution < -0.4 is 10.1 Å². The van der Waals surface area contributed by atoms with Gasteiger partial charge >= 0.3 is 5.97 Å². The van der Waals surface area contributed by atoms with Crippen LogP contribution in [0.25, 0.3) is 11.1 Å². The fourth-order valence-corrected chi connectivity index (χ4v) is 2.64. The number of ether oxygens (including phenoxy) is 1. The third-order valence-corrected chi connectivity index (χ3v) is 4.55. The monoisotopic (exact) mass is 391 g/mol. The molecule has 0 saturated heterocycles. The van der Waals surface area contributed by atoms with Gasteiger partial charge in [0.25, 0.3) is 0 Å². The molecule has 150 valence electrons. The molecule has 6 nitrogen and oxygen atoms in total. The van der Waals surface area contributed by atoms with Crippen LogP contribution in [0.15, 0.2) is 60.9 Å². The number of aliphatic carboxylic acids is 1. The number of pyridine rings is 2. The van der Waals surface area contributed by atoms with E-state index in [1.54, 1.807) is 32.3 Å². The van der Waals surface area contributed by atoms with Crippen LogP contribution in [0.4, 0.5) is 5.82 Å². The molecule has 0 atom stereocenters. The molecule has 2 aromatic heterocycles. The second-order valence-corrected chi connectivity index (χ2v) is 7.64. The average Bonchev–Trinajstić information content (AvgIpc) is 2.72. The van der Waals surface area contributed by atoms with Crippen molar-refractivity contribution in [1.29, 1.82) is 0 Å². The van der Waals surface area contributed by atoms with Gasteiger partial charge in [0.15, 0.2) is 0 Å². The van der Waals surface area contributed by atoms with Gasteiger partial charge in [0, 0.05) is 36.1 Å². The van der Waals surface area contributed by atoms with Crippen molar-refractivity contribution < 1.29 is 14.6 Å². The number of carboxylic acid groups (broad SMARTS) is 1. The predicted octanol–water partition coefficient (Wildman–Crippen LogP) is 4.55. The van der Waals surface area contributed by atoms with E-state index < -0.39 is 11.4 Å². The lowest BCUT2D eigenvalue weighted by Crippen LogP contribution is -2.30. The molecule has 0 saturated carbocycles. The van der Waals surface area contributed by atoms with Gasteiger partial charge in [-0.25, -0.2) is 9.97 Å². The minimum atomic E-state index is -0.967. The summed E-state index contributed by atoms with van der Waals surface area (Å²) in [5.74, 6) is 0.294. The first kappa shape index (κ1) is 20.3. The number of hydrogen-bond donors (Lipinski definition) is 2. The molecule has 0 aliphatic rings. The third kappa shape index (κ3) is 5.54. The number of nitrogens with zero attached hydrogens (tertiary/aromatic N) is 2. The molecule has 0 fully saturated rings. The second kappa shape index (κ2) is 8.73. The molecule has 3 aromatic rings. The van der Waals surface area contributed by atoms with Gasteiger partial charge < -0.3 is 15.2 Å². The van der Waals surface area contributed by atoms with E-state index >= 15 is 0 Å². The molecule has 0 amide bonds. The van der Waals surface area contributed by atoms with E-state index in [0.29, 0.717) is 12.4 Å². The van der Waals surface area contributed by atoms with Crippen molar-refractivity contribution in [2.45, 2.75) is 27.3 Å². The Morgan fingerprint density at radius 2 is 1.79 bits per heavy atom. The topological polar surface area (TPSA) is 84.3 Å². The lowest BCUT2D eigenvalue weighted by Gasteiger charge is -2.18. The number of hydrogen-bond acceptors (Lipinski definition) is 5. The molecule has 1 aromatic carbocycles. The number of nitrogens with one attached hydrogen (secondary N) is 1. The molecule has 6 heteroatoms. The number of aromatic nitrogens is 2. The van der Waals surface area contributed by atoms with E-state index in [0.717, 1.165) is 16.9 Å². The van der Waals surface area contributed by atoms with Gasteiger partial charge in [0.2, 0.25) is 5.88 Å². The molecule has 0 aliphatic heterocycles. The van der Waals surface area contributed by atoms with Crippen LogP contribution in [0.1, 0.15) is 25.0 Å². The molecule has 0 spiro atoms. The van der Waals surface area contributed by atoms with Crippen LogP contribution in [0, 0.1) is 12.3 Å². The average molecular weight is 391 g/mol. The second-order valence-electron chi connectivity index (χ2n) is 7.64. The summed E-state index contributed by atoms with van der Waals surface area (Å²) in [5.41, 5.74) is 3.33. The summed E-state index contributed by atoms with van der Waals surface area (Å²) in [7, 11) is 0. The van der Waals surface area contributed by atoms with Crippen molar-refractivity contribution in [2.75, 3.05) is 11.9 Å². The zero-order valence-electron chi connectivity index (χ0n) is 16.8. The van der Waals surface area contributed by atoms with Gasteiger partial charge in [-0.3, -0.25) is 4.79 Å². The molecule has 2 N–H and O–H groups in total. The number of anilines is 1. The van der Waals surface area contributed by atoms with Crippen molar-refractivity contribution in [1.82, 2.24) is 9.97 Å². The Bertz CT molecular complexity index is 967. The third-order valence-electron chi connectivity index (χ3n) is 4.55. The van der Waals surface area contributed by atoms with Crippen molar-refractivity contribution >= 4 is 11.8 Å². The molecule has 0 unspecified atom stereocenters. The molecule has 0 aliphatic carbocycles. The molecule has 2 heterocycles. The summed E-state index contributed by atoms with van der Waals surface area (Å²) >= 11 is 0. The molecular formula is C23H25N3O3. The zero-order valence-corrected chi connectivity index (χ0v) is 16.8. The lowest BCUT2D eigenvalue weighted by molar-refractivity contribution is -0.148. The van der Waals surface area contributed by atoms with Crippen LogP contribution in [0.2, 0.25) is 0 Å². The van der Waals surface area contributed by atoms with E-state index in [1.807, 2.05) is 24.3 Å². The van der Waals surface area contributed by atoms with Crippen LogP contribution in [0.3, 0.4) is 0 Å². The quantitative estimate of drug-likeness (QED) is 0.586. The van der Waals surface area contributed by atoms with Gasteiger partial charge in [-0.15, -0.1) is 0 Å². The predicted molar refractivity (Wildman–Crippen MR) is 113 cm³/mol. The zero-order chi connectivity index (χ0) is 20.9. The summed E-state index contributed by atoms with van der Waals surface area (Å²) in [6.45, 7) is 6.08. The minimum absolute atomic E-state index is 0.0531. The van der Waals surface area contributed by atoms with Gasteiger partial charge in [-0.1, -0.05) is 29.8 Å². The number of carboxylic acids is 1. The molecule has 29 heavy (non-hydrogen) atoms. The van der Waals surface area contributed by atoms with E-state index in [9.17, 15) is 4.79 Å². The summed E-state index contributed by atoms with van der Waals surface area (Å²) in [4.78, 5) is 19.9. The Morgan fingerprint density at radius 1 is 1.07 bits per heavy atom. The number of carbonyl (C=O) groups is 1. The Hall–Kier alpha value is -3.41. The summed E-state index contributed by atoms with van der Waals surface area (Å²) in [5, 5.41) is 12.5. The van der Waals surface area contributed by atoms with Crippen LogP contribution >= 0.6 is 0 Å². The summed E-state index contributed by atoms with van der Waals surface area (Å²) in [6, 6.07) is 15.9. The largest absolute Gasteiger partial charge is 0.481 e. The van der Waals surface area contributed by atoms with Gasteiger partial charge in [-0.2, -0.15) is 0 Å².